The van der Waals surface area contributed by atoms with E-state index in [0.717, 1.165) is 0 Å². The number of hydrogen-bond donors (Lipinski definition) is 0. The number of nitrogens with zero attached hydrogens (tertiary/aromatic N) is 5. The molecule has 18 heavy (non-hydrogen) atoms. The zero-order valence-corrected chi connectivity index (χ0v) is 15.3. The van der Waals surface area contributed by atoms with Crippen molar-refractivity contribution in [2.45, 2.75) is 13.5 Å². The molecular weight excluding hydrogens is 481 g/mol. The van der Waals surface area contributed by atoms with Crippen molar-refractivity contribution in [3.8, 4) is 11.4 Å². The topological polar surface area (TPSA) is 97.4 Å². The summed E-state index contributed by atoms with van der Waals surface area (Å²) in [4.78, 5) is 18.2. The van der Waals surface area contributed by atoms with Crippen molar-refractivity contribution in [2.24, 2.45) is 0 Å². The zero-order chi connectivity index (χ0) is 11.5. The van der Waals surface area contributed by atoms with Crippen LogP contribution in [0, 0.1) is 6.33 Å². The van der Waals surface area contributed by atoms with Gasteiger partial charge in [-0.1, -0.05) is 5.21 Å². The van der Waals surface area contributed by atoms with Crippen molar-refractivity contribution in [3.63, 3.8) is 0 Å². The number of hydrogen-bond acceptors (Lipinski definition) is 5. The van der Waals surface area contributed by atoms with E-state index in [-0.39, 0.29) is 59.5 Å². The summed E-state index contributed by atoms with van der Waals surface area (Å²) in [5.74, 6) is -0.872. The molecule has 0 unspecified atom stereocenters. The van der Waals surface area contributed by atoms with E-state index >= 15 is 0 Å². The number of aryl methyl sites for hydroxylation is 1. The van der Waals surface area contributed by atoms with E-state index in [1.54, 1.807) is 10.9 Å². The third kappa shape index (κ3) is 4.00. The summed E-state index contributed by atoms with van der Waals surface area (Å²) >= 11 is 0. The molecular formula is C9H8N6OWY-2. The van der Waals surface area contributed by atoms with Crippen LogP contribution in [0.15, 0.2) is 12.3 Å². The Morgan fingerprint density at radius 1 is 1.44 bits per heavy atom. The molecule has 0 bridgehead atoms. The maximum atomic E-state index is 10.8. The second-order valence-corrected chi connectivity index (χ2v) is 3.03. The quantitative estimate of drug-likeness (QED) is 0.594. The van der Waals surface area contributed by atoms with Crippen LogP contribution < -0.4 is 0 Å². The van der Waals surface area contributed by atoms with Gasteiger partial charge in [0.2, 0.25) is 0 Å². The Hall–Kier alpha value is -0.518. The maximum Gasteiger partial charge on any atom is 0.0753 e. The van der Waals surface area contributed by atoms with Crippen LogP contribution in [0.2, 0.25) is 0 Å². The van der Waals surface area contributed by atoms with Crippen LogP contribution in [0.4, 0.5) is 0 Å². The van der Waals surface area contributed by atoms with Gasteiger partial charge in [0, 0.05) is 78.8 Å². The molecule has 1 N–H and O–H groups in total. The molecule has 2 rings (SSSR count). The summed E-state index contributed by atoms with van der Waals surface area (Å²) < 4.78 is 1.64. The molecule has 2 aromatic heterocycles. The molecule has 0 spiro atoms. The van der Waals surface area contributed by atoms with Crippen molar-refractivity contribution < 1.29 is 58.6 Å². The zero-order valence-electron chi connectivity index (χ0n) is 9.49. The fraction of sp³-hybridized carbons (Fsp3) is 0.222. The Bertz CT molecular complexity index is 531. The molecule has 0 aromatic carbocycles. The first-order chi connectivity index (χ1) is 7.70. The summed E-state index contributed by atoms with van der Waals surface area (Å²) in [6.07, 6.45) is 4.02. The average Bonchev–Trinajstić information content (AvgIpc) is 2.77. The molecule has 0 fully saturated rings. The number of rotatable bonds is 3. The minimum atomic E-state index is -0.872. The summed E-state index contributed by atoms with van der Waals surface area (Å²) in [6.45, 7) is 2.63. The first kappa shape index (κ1) is 17.5. The molecule has 0 aliphatic heterocycles. The minimum absolute atomic E-state index is 0. The molecule has 0 atom stereocenters. The van der Waals surface area contributed by atoms with E-state index in [1.807, 2.05) is 6.92 Å². The van der Waals surface area contributed by atoms with Crippen molar-refractivity contribution >= 4 is 5.91 Å². The second-order valence-electron chi connectivity index (χ2n) is 3.03. The average molecular weight is 489 g/mol. The van der Waals surface area contributed by atoms with Gasteiger partial charge in [0.05, 0.1) is 5.69 Å². The molecule has 7 nitrogen and oxygen atoms in total. The first-order valence-corrected chi connectivity index (χ1v) is 4.62. The first-order valence-electron chi connectivity index (χ1n) is 4.62. The van der Waals surface area contributed by atoms with Crippen LogP contribution in [0.5, 0.6) is 0 Å². The molecule has 2 heterocycles. The Labute approximate surface area is 143 Å². The molecule has 0 aliphatic carbocycles. The van der Waals surface area contributed by atoms with Crippen molar-refractivity contribution in [2.75, 3.05) is 0 Å². The summed E-state index contributed by atoms with van der Waals surface area (Å²) in [5.41, 5.74) is 7.89. The number of amides is 1. The SMILES string of the molecule is CCn1cc(-c2cc(C([NH-])=O)n[c-]n2)nn1.[W].[Y]. The second kappa shape index (κ2) is 7.82. The van der Waals surface area contributed by atoms with E-state index in [0.29, 0.717) is 17.9 Å². The summed E-state index contributed by atoms with van der Waals surface area (Å²) in [6, 6.07) is 1.40. The van der Waals surface area contributed by atoms with Gasteiger partial charge in [-0.15, -0.1) is 11.2 Å². The molecule has 0 saturated heterocycles. The van der Waals surface area contributed by atoms with Gasteiger partial charge in [-0.05, 0) is 18.3 Å². The predicted molar refractivity (Wildman–Crippen MR) is 54.2 cm³/mol. The maximum absolute atomic E-state index is 10.8. The van der Waals surface area contributed by atoms with Crippen molar-refractivity contribution in [1.82, 2.24) is 25.0 Å². The van der Waals surface area contributed by atoms with Gasteiger partial charge < -0.3 is 20.5 Å². The number of carbonyl (C=O) groups is 1. The van der Waals surface area contributed by atoms with Crippen LogP contribution in [0.25, 0.3) is 17.1 Å². The number of aromatic nitrogens is 5. The van der Waals surface area contributed by atoms with Crippen LogP contribution >= 0.6 is 0 Å². The van der Waals surface area contributed by atoms with Crippen molar-refractivity contribution in [3.05, 3.63) is 30.0 Å². The van der Waals surface area contributed by atoms with E-state index in [2.05, 4.69) is 26.6 Å². The third-order valence-corrected chi connectivity index (χ3v) is 1.97. The van der Waals surface area contributed by atoms with Crippen LogP contribution in [0.1, 0.15) is 17.4 Å². The van der Waals surface area contributed by atoms with Gasteiger partial charge in [0.1, 0.15) is 0 Å². The molecule has 1 radical (unpaired) electrons. The van der Waals surface area contributed by atoms with E-state index < -0.39 is 5.91 Å². The fourth-order valence-electron chi connectivity index (χ4n) is 1.14. The van der Waals surface area contributed by atoms with Crippen molar-refractivity contribution in [1.29, 1.82) is 0 Å². The Balaban J connectivity index is 0.00000144. The molecule has 2 aromatic rings. The number of nitrogens with one attached hydrogen (secondary N) is 1. The third-order valence-electron chi connectivity index (χ3n) is 1.97. The Morgan fingerprint density at radius 3 is 2.72 bits per heavy atom. The van der Waals surface area contributed by atoms with E-state index in [4.69, 9.17) is 5.73 Å². The summed E-state index contributed by atoms with van der Waals surface area (Å²) in [5, 5.41) is 7.73. The normalized spacial score (nSPS) is 9.17. The standard InChI is InChI=1S/C9H9N6O.W.Y/c1-2-15-4-8(13-14-15)6-3-7(9(10)16)12-5-11-6;;/h3-4H,2H2,1H3,(H2,10,16);;/q-1;;/p-1. The van der Waals surface area contributed by atoms with Gasteiger partial charge in [-0.3, -0.25) is 4.68 Å². The Morgan fingerprint density at radius 2 is 2.17 bits per heavy atom. The monoisotopic (exact) mass is 489 g/mol. The molecule has 0 aliphatic rings. The minimum Gasteiger partial charge on any atom is -0.673 e. The Kier molecular flexibility index (Phi) is 7.59. The van der Waals surface area contributed by atoms with Crippen LogP contribution in [-0.2, 0) is 60.3 Å². The predicted octanol–water partition coefficient (Wildman–Crippen LogP) is 0.743. The smallest absolute Gasteiger partial charge is 0.0753 e. The number of carbonyl (C=O) groups excluding carboxylic acids is 1. The van der Waals surface area contributed by atoms with Gasteiger partial charge in [-0.2, -0.15) is 0 Å². The van der Waals surface area contributed by atoms with E-state index in [9.17, 15) is 4.79 Å². The molecule has 9 heteroatoms. The van der Waals surface area contributed by atoms with Crippen LogP contribution in [-0.4, -0.2) is 30.9 Å². The van der Waals surface area contributed by atoms with Gasteiger partial charge in [0.15, 0.2) is 0 Å². The molecule has 0 saturated carbocycles. The van der Waals surface area contributed by atoms with E-state index in [1.165, 1.54) is 6.07 Å². The van der Waals surface area contributed by atoms with Gasteiger partial charge in [0.25, 0.3) is 0 Å². The van der Waals surface area contributed by atoms with Crippen LogP contribution in [0.3, 0.4) is 0 Å². The summed E-state index contributed by atoms with van der Waals surface area (Å²) in [7, 11) is 0. The van der Waals surface area contributed by atoms with Gasteiger partial charge >= 0.3 is 0 Å². The van der Waals surface area contributed by atoms with Gasteiger partial charge in [-0.25, -0.2) is 0 Å². The molecule has 1 amide bonds. The fourth-order valence-corrected chi connectivity index (χ4v) is 1.14. The molecule has 91 valence electrons. The largest absolute Gasteiger partial charge is 0.673 e.